The molecule has 360 valence electrons. The molecule has 0 aromatic heterocycles. The number of rotatable bonds is 0. The van der Waals surface area contributed by atoms with Gasteiger partial charge in [-0.2, -0.15) is 0 Å². The highest BCUT2D eigenvalue weighted by molar-refractivity contribution is 5.76. The van der Waals surface area contributed by atoms with Crippen LogP contribution >= 0.6 is 0 Å². The molecule has 0 aliphatic carbocycles. The van der Waals surface area contributed by atoms with Crippen LogP contribution < -0.4 is 0 Å². The van der Waals surface area contributed by atoms with E-state index in [0.717, 1.165) is 0 Å². The van der Waals surface area contributed by atoms with Gasteiger partial charge in [0.05, 0.1) is 0 Å². The lowest BCUT2D eigenvalue weighted by Gasteiger charge is -0.413. The fraction of sp³-hybridized carbons (Fsp3) is 0. The van der Waals surface area contributed by atoms with Gasteiger partial charge in [-0.3, -0.25) is 0 Å². The molecule has 80 N–H and O–H groups in total. The van der Waals surface area contributed by atoms with Gasteiger partial charge in [-0.1, -0.05) is 0 Å². The zero-order valence-corrected chi connectivity index (χ0v) is 20.0. The Morgan fingerprint density at radius 2 is 0.0400 bits per heavy atom. The van der Waals surface area contributed by atoms with Crippen LogP contribution in [0.15, 0.2) is 0 Å². The minimum atomic E-state index is 0. The monoisotopic (exact) mass is 980 g/mol. The normalized spacial score (nSPS) is 0. The second kappa shape index (κ2) is 4380. The highest BCUT2D eigenvalue weighted by Crippen LogP contribution is -0.247. The molecular formula is H100Mg10O40. The Kier molecular flexibility index (Phi) is 405000. The van der Waals surface area contributed by atoms with Gasteiger partial charge in [-0.15, -0.1) is 0 Å². The summed E-state index contributed by atoms with van der Waals surface area (Å²) in [7, 11) is 0. The van der Waals surface area contributed by atoms with Gasteiger partial charge in [-0.25, -0.2) is 0 Å². The molecule has 0 saturated heterocycles. The van der Waals surface area contributed by atoms with Gasteiger partial charge in [0.25, 0.3) is 0 Å². The lowest BCUT2D eigenvalue weighted by atomic mass is 16.0. The molecule has 0 radical (unpaired) electrons. The summed E-state index contributed by atoms with van der Waals surface area (Å²) < 4.78 is 0. The smallest absolute Gasteiger partial charge is 0.316 e. The van der Waals surface area contributed by atoms with E-state index in [1.165, 1.54) is 0 Å². The van der Waals surface area contributed by atoms with Gasteiger partial charge in [0, 0.05) is 0 Å². The summed E-state index contributed by atoms with van der Waals surface area (Å²) in [6.45, 7) is 0. The Hall–Kier alpha value is 6.06. The van der Waals surface area contributed by atoms with Gasteiger partial charge < -0.3 is 219 Å². The average Bonchev–Trinajstić information content (AvgIpc) is 0. The Labute approximate surface area is 443 Å². The van der Waals surface area contributed by atoms with Gasteiger partial charge >= 0.3 is 231 Å². The molecule has 0 aromatic rings. The summed E-state index contributed by atoms with van der Waals surface area (Å²) in [6, 6.07) is 0. The predicted octanol–water partition coefficient (Wildman–Crippen LogP) is -42.2. The van der Waals surface area contributed by atoms with Crippen molar-refractivity contribution in [3.05, 3.63) is 0 Å². The second-order valence-corrected chi connectivity index (χ2v) is 0. The molecule has 40 nitrogen and oxygen atoms in total. The SMILES string of the molecule is O.O.O.O.O.O.O.O.O.O.O.O.O.O.O.O.O.O.O.O.O.O.O.O.O.O.O.O.O.O.O.O.O.O.O.O.O.O.O.O.[MgH2].[MgH2].[MgH2].[MgH2].[MgH2].[MgH2].[MgH2].[MgH2].[MgH2].[MgH2]. The van der Waals surface area contributed by atoms with Gasteiger partial charge in [0.15, 0.2) is 0 Å². The molecule has 50 heavy (non-hydrogen) atoms. The van der Waals surface area contributed by atoms with Crippen molar-refractivity contribution in [3.63, 3.8) is 0 Å². The third kappa shape index (κ3) is 4140. The quantitative estimate of drug-likeness (QED) is 0.204. The first-order chi connectivity index (χ1) is 0. The van der Waals surface area contributed by atoms with E-state index in [2.05, 4.69) is 0 Å². The molecule has 0 rings (SSSR count). The topological polar surface area (TPSA) is 1260 Å². The molecular weight excluding hydrogens is 883 g/mol. The van der Waals surface area contributed by atoms with E-state index >= 15 is 0 Å². The largest absolute Gasteiger partial charge is 0.412 e. The van der Waals surface area contributed by atoms with E-state index in [9.17, 15) is 0 Å². The van der Waals surface area contributed by atoms with Crippen LogP contribution in [0.2, 0.25) is 0 Å². The van der Waals surface area contributed by atoms with Crippen molar-refractivity contribution in [2.24, 2.45) is 0 Å². The maximum atomic E-state index is 0. The summed E-state index contributed by atoms with van der Waals surface area (Å²) >= 11 is 0. The number of hydrogen-bond donors (Lipinski definition) is 0. The van der Waals surface area contributed by atoms with Crippen LogP contribution in [-0.4, -0.2) is 450 Å². The first kappa shape index (κ1) is 4620. The lowest BCUT2D eigenvalue weighted by Crippen LogP contribution is -0.382. The van der Waals surface area contributed by atoms with Crippen LogP contribution in [0.25, 0.3) is 0 Å². The molecule has 0 spiro atoms. The molecule has 0 aliphatic heterocycles. The van der Waals surface area contributed by atoms with Crippen molar-refractivity contribution >= 4 is 231 Å². The first-order valence-corrected chi connectivity index (χ1v) is 0. The second-order valence-electron chi connectivity index (χ2n) is 0. The maximum Gasteiger partial charge on any atom is 0.316 e. The standard InChI is InChI=1S/10Mg.40H2O.20H/h;;;;;;;;;;40*1H2;;;;;;;;;;;;;;;;;;;;. The van der Waals surface area contributed by atoms with E-state index in [-0.39, 0.29) is 450 Å². The Morgan fingerprint density at radius 3 is 0.0400 bits per heavy atom. The minimum absolute atomic E-state index is 0. The Morgan fingerprint density at radius 1 is 0.0400 bits per heavy atom. The minimum Gasteiger partial charge on any atom is -0.412 e. The Balaban J connectivity index is 0. The fourth-order valence-electron chi connectivity index (χ4n) is 0. The summed E-state index contributed by atoms with van der Waals surface area (Å²) in [4.78, 5) is 0. The van der Waals surface area contributed by atoms with Crippen molar-refractivity contribution in [2.75, 3.05) is 0 Å². The van der Waals surface area contributed by atoms with E-state index in [0.29, 0.717) is 0 Å². The van der Waals surface area contributed by atoms with Crippen molar-refractivity contribution in [1.82, 2.24) is 0 Å². The molecule has 0 aliphatic rings. The molecule has 0 atom stereocenters. The van der Waals surface area contributed by atoms with Gasteiger partial charge in [0.2, 0.25) is 0 Å². The molecule has 50 heteroatoms. The summed E-state index contributed by atoms with van der Waals surface area (Å²) in [6.07, 6.45) is 0. The van der Waals surface area contributed by atoms with Gasteiger partial charge in [-0.05, 0) is 0 Å². The van der Waals surface area contributed by atoms with Crippen LogP contribution in [0, 0.1) is 0 Å². The maximum absolute atomic E-state index is 0. The van der Waals surface area contributed by atoms with Crippen molar-refractivity contribution < 1.29 is 219 Å². The molecule has 0 heterocycles. The summed E-state index contributed by atoms with van der Waals surface area (Å²) in [5.74, 6) is 0. The zero-order valence-electron chi connectivity index (χ0n) is 20.0. The molecule has 0 fully saturated rings. The third-order valence-corrected chi connectivity index (χ3v) is 0. The van der Waals surface area contributed by atoms with Crippen LogP contribution in [0.3, 0.4) is 0 Å². The zero-order chi connectivity index (χ0) is 0. The highest BCUT2D eigenvalue weighted by atomic mass is 24.3. The van der Waals surface area contributed by atoms with E-state index < -0.39 is 0 Å². The van der Waals surface area contributed by atoms with E-state index in [4.69, 9.17) is 0 Å². The predicted molar refractivity (Wildman–Crippen MR) is 230 cm³/mol. The molecule has 0 aromatic carbocycles. The highest BCUT2D eigenvalue weighted by Gasteiger charge is 0.326. The van der Waals surface area contributed by atoms with Crippen LogP contribution in [0.5, 0.6) is 0 Å². The fourth-order valence-corrected chi connectivity index (χ4v) is 0. The van der Waals surface area contributed by atoms with Gasteiger partial charge in [0.1, 0.15) is 0 Å². The summed E-state index contributed by atoms with van der Waals surface area (Å²) in [5.41, 5.74) is 0. The van der Waals surface area contributed by atoms with Crippen LogP contribution in [0.4, 0.5) is 0 Å². The van der Waals surface area contributed by atoms with Crippen molar-refractivity contribution in [2.45, 2.75) is 0 Å². The van der Waals surface area contributed by atoms with E-state index in [1.807, 2.05) is 0 Å². The Bertz CT molecular complexity index is 36.1. The van der Waals surface area contributed by atoms with Crippen molar-refractivity contribution in [3.8, 4) is 0 Å². The molecule has 0 bridgehead atoms. The number of hydrogen-bond acceptors (Lipinski definition) is 0. The summed E-state index contributed by atoms with van der Waals surface area (Å²) in [5, 5.41) is 0. The van der Waals surface area contributed by atoms with E-state index in [1.54, 1.807) is 0 Å². The molecule has 0 unspecified atom stereocenters. The van der Waals surface area contributed by atoms with Crippen molar-refractivity contribution in [1.29, 1.82) is 0 Å². The third-order valence-electron chi connectivity index (χ3n) is 0. The lowest BCUT2D eigenvalue weighted by molar-refractivity contribution is 0.823. The molecule has 0 saturated carbocycles. The average molecular weight is 984 g/mol. The molecule has 0 amide bonds. The first-order valence-electron chi connectivity index (χ1n) is 0. The van der Waals surface area contributed by atoms with Crippen LogP contribution in [0.1, 0.15) is 0 Å². The van der Waals surface area contributed by atoms with Crippen LogP contribution in [-0.2, 0) is 0 Å².